The molecule has 0 bridgehead atoms. The zero-order chi connectivity index (χ0) is 27.5. The predicted octanol–water partition coefficient (Wildman–Crippen LogP) is 6.16. The van der Waals surface area contributed by atoms with E-state index in [0.29, 0.717) is 12.4 Å². The molecule has 0 aliphatic carbocycles. The number of nitrogens with zero attached hydrogens (tertiary/aromatic N) is 5. The summed E-state index contributed by atoms with van der Waals surface area (Å²) in [6.07, 6.45) is 1.76. The van der Waals surface area contributed by atoms with Gasteiger partial charge in [-0.3, -0.25) is 4.98 Å². The average molecular weight is 514 g/mol. The van der Waals surface area contributed by atoms with Gasteiger partial charge in [0.2, 0.25) is 5.82 Å². The number of pyridine rings is 1. The van der Waals surface area contributed by atoms with Crippen molar-refractivity contribution >= 4 is 5.97 Å². The van der Waals surface area contributed by atoms with E-state index in [2.05, 4.69) is 65.4 Å². The van der Waals surface area contributed by atoms with Gasteiger partial charge in [0.1, 0.15) is 12.4 Å². The SMILES string of the molecule is CC(C)(C)C(c1ccc(OCc2ccccn2)cc1)c1ccc(-c2nnn(C(C(=O)O)C(C)(C)C)n2)cc1. The highest BCUT2D eigenvalue weighted by Gasteiger charge is 2.35. The average Bonchev–Trinajstić information content (AvgIpc) is 3.32. The molecule has 198 valence electrons. The van der Waals surface area contributed by atoms with E-state index in [0.717, 1.165) is 22.6 Å². The normalized spacial score (nSPS) is 13.6. The van der Waals surface area contributed by atoms with E-state index in [1.165, 1.54) is 10.4 Å². The first kappa shape index (κ1) is 27.0. The van der Waals surface area contributed by atoms with E-state index >= 15 is 0 Å². The maximum absolute atomic E-state index is 11.8. The molecule has 4 rings (SSSR count). The zero-order valence-electron chi connectivity index (χ0n) is 22.8. The second kappa shape index (κ2) is 10.7. The van der Waals surface area contributed by atoms with Crippen LogP contribution in [0.2, 0.25) is 0 Å². The summed E-state index contributed by atoms with van der Waals surface area (Å²) < 4.78 is 5.92. The largest absolute Gasteiger partial charge is 0.487 e. The van der Waals surface area contributed by atoms with Crippen molar-refractivity contribution in [2.45, 2.75) is 60.1 Å². The second-order valence-corrected chi connectivity index (χ2v) is 11.6. The zero-order valence-corrected chi connectivity index (χ0v) is 22.8. The first-order valence-electron chi connectivity index (χ1n) is 12.7. The number of carboxylic acids is 1. The van der Waals surface area contributed by atoms with Crippen LogP contribution in [0, 0.1) is 10.8 Å². The van der Waals surface area contributed by atoms with Gasteiger partial charge in [-0.25, -0.2) is 4.79 Å². The van der Waals surface area contributed by atoms with Gasteiger partial charge in [0.25, 0.3) is 0 Å². The van der Waals surface area contributed by atoms with Crippen LogP contribution >= 0.6 is 0 Å². The summed E-state index contributed by atoms with van der Waals surface area (Å²) in [5, 5.41) is 22.3. The van der Waals surface area contributed by atoms with Crippen LogP contribution < -0.4 is 4.74 Å². The molecule has 2 aromatic heterocycles. The van der Waals surface area contributed by atoms with E-state index < -0.39 is 17.4 Å². The summed E-state index contributed by atoms with van der Waals surface area (Å²) in [5.41, 5.74) is 3.41. The van der Waals surface area contributed by atoms with Gasteiger partial charge in [0.05, 0.1) is 5.69 Å². The van der Waals surface area contributed by atoms with Gasteiger partial charge in [0, 0.05) is 17.7 Å². The molecule has 4 aromatic rings. The van der Waals surface area contributed by atoms with Gasteiger partial charge in [-0.1, -0.05) is 84.0 Å². The highest BCUT2D eigenvalue weighted by atomic mass is 16.5. The third kappa shape index (κ3) is 6.25. The van der Waals surface area contributed by atoms with Crippen molar-refractivity contribution in [2.24, 2.45) is 10.8 Å². The van der Waals surface area contributed by atoms with Gasteiger partial charge >= 0.3 is 5.97 Å². The number of tetrazole rings is 1. The van der Waals surface area contributed by atoms with Crippen molar-refractivity contribution in [2.75, 3.05) is 0 Å². The molecule has 2 unspecified atom stereocenters. The summed E-state index contributed by atoms with van der Waals surface area (Å²) in [7, 11) is 0. The highest BCUT2D eigenvalue weighted by molar-refractivity contribution is 5.72. The minimum Gasteiger partial charge on any atom is -0.487 e. The number of carbonyl (C=O) groups is 1. The monoisotopic (exact) mass is 513 g/mol. The fourth-order valence-corrected chi connectivity index (χ4v) is 4.68. The third-order valence-electron chi connectivity index (χ3n) is 6.41. The van der Waals surface area contributed by atoms with Gasteiger partial charge in [-0.05, 0) is 51.4 Å². The standard InChI is InChI=1S/C30H35N5O3/c1-29(2,3)25(21-14-16-24(17-15-21)38-19-23-9-7-8-18-31-23)20-10-12-22(13-11-20)27-32-34-35(33-27)26(28(36)37)30(4,5)6/h7-18,25-26H,19H2,1-6H3,(H,36,37). The molecule has 1 N–H and O–H groups in total. The lowest BCUT2D eigenvalue weighted by Gasteiger charge is -2.32. The number of hydrogen-bond donors (Lipinski definition) is 1. The van der Waals surface area contributed by atoms with E-state index in [1.807, 2.05) is 63.2 Å². The van der Waals surface area contributed by atoms with E-state index in [9.17, 15) is 9.90 Å². The number of aromatic nitrogens is 5. The molecule has 2 heterocycles. The number of carboxylic acid groups (broad SMARTS) is 1. The molecule has 8 nitrogen and oxygen atoms in total. The van der Waals surface area contributed by atoms with E-state index in [4.69, 9.17) is 4.74 Å². The Bertz CT molecular complexity index is 1350. The number of aliphatic carboxylic acids is 1. The lowest BCUT2D eigenvalue weighted by molar-refractivity contribution is -0.145. The Balaban J connectivity index is 1.54. The number of benzene rings is 2. The summed E-state index contributed by atoms with van der Waals surface area (Å²) in [4.78, 5) is 17.3. The van der Waals surface area contributed by atoms with Gasteiger partial charge in [-0.15, -0.1) is 15.0 Å². The van der Waals surface area contributed by atoms with Crippen LogP contribution in [0.25, 0.3) is 11.4 Å². The molecule has 0 saturated carbocycles. The van der Waals surface area contributed by atoms with Crippen molar-refractivity contribution < 1.29 is 14.6 Å². The summed E-state index contributed by atoms with van der Waals surface area (Å²) >= 11 is 0. The molecule has 0 radical (unpaired) electrons. The van der Waals surface area contributed by atoms with Crippen LogP contribution in [0.15, 0.2) is 72.9 Å². The third-order valence-corrected chi connectivity index (χ3v) is 6.41. The molecular weight excluding hydrogens is 478 g/mol. The summed E-state index contributed by atoms with van der Waals surface area (Å²) in [5.74, 6) is 0.348. The Kier molecular flexibility index (Phi) is 7.62. The minimum atomic E-state index is -0.988. The number of rotatable bonds is 8. The van der Waals surface area contributed by atoms with Crippen LogP contribution in [-0.4, -0.2) is 36.3 Å². The molecular formula is C30H35N5O3. The number of hydrogen-bond acceptors (Lipinski definition) is 6. The number of ether oxygens (including phenoxy) is 1. The Morgan fingerprint density at radius 2 is 1.53 bits per heavy atom. The Morgan fingerprint density at radius 3 is 2.05 bits per heavy atom. The van der Waals surface area contributed by atoms with Crippen molar-refractivity contribution in [1.29, 1.82) is 0 Å². The van der Waals surface area contributed by atoms with Crippen molar-refractivity contribution in [3.63, 3.8) is 0 Å². The lowest BCUT2D eigenvalue weighted by atomic mass is 9.72. The maximum atomic E-state index is 11.8. The lowest BCUT2D eigenvalue weighted by Crippen LogP contribution is -2.33. The van der Waals surface area contributed by atoms with Crippen molar-refractivity contribution in [3.05, 3.63) is 89.7 Å². The van der Waals surface area contributed by atoms with Gasteiger partial charge < -0.3 is 9.84 Å². The van der Waals surface area contributed by atoms with Crippen LogP contribution in [0.1, 0.15) is 70.3 Å². The van der Waals surface area contributed by atoms with Crippen molar-refractivity contribution in [1.82, 2.24) is 25.2 Å². The van der Waals surface area contributed by atoms with E-state index in [1.54, 1.807) is 6.20 Å². The first-order valence-corrected chi connectivity index (χ1v) is 12.7. The Hall–Kier alpha value is -4.07. The summed E-state index contributed by atoms with van der Waals surface area (Å²) in [6.45, 7) is 12.6. The molecule has 0 amide bonds. The van der Waals surface area contributed by atoms with Crippen molar-refractivity contribution in [3.8, 4) is 17.1 Å². The minimum absolute atomic E-state index is 0.0410. The molecule has 38 heavy (non-hydrogen) atoms. The Morgan fingerprint density at radius 1 is 0.895 bits per heavy atom. The fourth-order valence-electron chi connectivity index (χ4n) is 4.68. The molecule has 0 fully saturated rings. The van der Waals surface area contributed by atoms with Crippen LogP contribution in [0.3, 0.4) is 0 Å². The Labute approximate surface area is 223 Å². The fraction of sp³-hybridized carbons (Fsp3) is 0.367. The molecule has 0 spiro atoms. The second-order valence-electron chi connectivity index (χ2n) is 11.6. The van der Waals surface area contributed by atoms with Crippen LogP contribution in [0.4, 0.5) is 0 Å². The predicted molar refractivity (Wildman–Crippen MR) is 146 cm³/mol. The topological polar surface area (TPSA) is 103 Å². The molecule has 0 aliphatic heterocycles. The molecule has 2 atom stereocenters. The van der Waals surface area contributed by atoms with E-state index in [-0.39, 0.29) is 11.3 Å². The quantitative estimate of drug-likeness (QED) is 0.301. The first-order chi connectivity index (χ1) is 17.9. The van der Waals surface area contributed by atoms with Crippen LogP contribution in [-0.2, 0) is 11.4 Å². The molecule has 0 aliphatic rings. The molecule has 0 saturated heterocycles. The smallest absolute Gasteiger partial charge is 0.331 e. The molecule has 8 heteroatoms. The molecule has 2 aromatic carbocycles. The van der Waals surface area contributed by atoms with Crippen LogP contribution in [0.5, 0.6) is 5.75 Å². The van der Waals surface area contributed by atoms with Gasteiger partial charge in [-0.2, -0.15) is 0 Å². The van der Waals surface area contributed by atoms with Gasteiger partial charge in [0.15, 0.2) is 6.04 Å². The maximum Gasteiger partial charge on any atom is 0.331 e. The highest BCUT2D eigenvalue weighted by Crippen LogP contribution is 2.41. The summed E-state index contributed by atoms with van der Waals surface area (Å²) in [6, 6.07) is 21.2.